The lowest BCUT2D eigenvalue weighted by atomic mass is 10.3. The molecule has 2 aromatic rings. The molecule has 20 heavy (non-hydrogen) atoms. The van der Waals surface area contributed by atoms with Gasteiger partial charge in [0, 0.05) is 11.9 Å². The summed E-state index contributed by atoms with van der Waals surface area (Å²) >= 11 is 4.75. The molecule has 0 unspecified atom stereocenters. The highest BCUT2D eigenvalue weighted by Gasteiger charge is 1.99. The molecule has 1 heterocycles. The number of amides is 2. The van der Waals surface area contributed by atoms with Crippen molar-refractivity contribution >= 4 is 30.2 Å². The molecular formula is C12H11N5O2S. The van der Waals surface area contributed by atoms with Gasteiger partial charge >= 0.3 is 6.03 Å². The number of rotatable bonds is 3. The van der Waals surface area contributed by atoms with Gasteiger partial charge in [0.05, 0.1) is 11.8 Å². The van der Waals surface area contributed by atoms with Crippen molar-refractivity contribution < 1.29 is 4.79 Å². The molecule has 0 saturated carbocycles. The Morgan fingerprint density at radius 3 is 2.75 bits per heavy atom. The van der Waals surface area contributed by atoms with E-state index in [-0.39, 0.29) is 15.9 Å². The lowest BCUT2D eigenvalue weighted by Crippen LogP contribution is -2.24. The minimum Gasteiger partial charge on any atom is -0.338 e. The summed E-state index contributed by atoms with van der Waals surface area (Å²) in [6.45, 7) is 0. The highest BCUT2D eigenvalue weighted by atomic mass is 32.1. The molecular weight excluding hydrogens is 278 g/mol. The van der Waals surface area contributed by atoms with Crippen LogP contribution in [-0.2, 0) is 0 Å². The van der Waals surface area contributed by atoms with Gasteiger partial charge in [-0.15, -0.1) is 0 Å². The van der Waals surface area contributed by atoms with Crippen molar-refractivity contribution in [3.63, 3.8) is 0 Å². The van der Waals surface area contributed by atoms with E-state index in [4.69, 9.17) is 12.2 Å². The first kappa shape index (κ1) is 13.7. The van der Waals surface area contributed by atoms with Crippen LogP contribution in [0.25, 0.3) is 0 Å². The number of urea groups is 1. The van der Waals surface area contributed by atoms with Gasteiger partial charge in [0.1, 0.15) is 0 Å². The Labute approximate surface area is 118 Å². The number of hydrogen-bond acceptors (Lipinski definition) is 4. The Bertz CT molecular complexity index is 735. The van der Waals surface area contributed by atoms with Crippen LogP contribution in [-0.4, -0.2) is 22.2 Å². The summed E-state index contributed by atoms with van der Waals surface area (Å²) < 4.78 is 0.224. The van der Waals surface area contributed by atoms with Crippen LogP contribution in [0.3, 0.4) is 0 Å². The molecule has 0 atom stereocenters. The third-order valence-electron chi connectivity index (χ3n) is 2.25. The average molecular weight is 289 g/mol. The van der Waals surface area contributed by atoms with E-state index >= 15 is 0 Å². The van der Waals surface area contributed by atoms with Crippen molar-refractivity contribution in [2.45, 2.75) is 0 Å². The smallest absolute Gasteiger partial charge is 0.338 e. The first-order valence-corrected chi connectivity index (χ1v) is 6.03. The van der Waals surface area contributed by atoms with E-state index in [1.165, 1.54) is 12.4 Å². The maximum Gasteiger partial charge on any atom is 0.339 e. The number of hydrogen-bond donors (Lipinski definition) is 4. The average Bonchev–Trinajstić information content (AvgIpc) is 2.42. The van der Waals surface area contributed by atoms with Crippen LogP contribution in [0.5, 0.6) is 0 Å². The maximum absolute atomic E-state index is 11.5. The zero-order valence-electron chi connectivity index (χ0n) is 10.2. The lowest BCUT2D eigenvalue weighted by Gasteiger charge is -2.02. The van der Waals surface area contributed by atoms with Gasteiger partial charge in [0.25, 0.3) is 5.56 Å². The summed E-state index contributed by atoms with van der Waals surface area (Å²) in [4.78, 5) is 28.0. The molecule has 0 radical (unpaired) electrons. The standard InChI is InChI=1S/C12H11N5O2S/c18-10-8(6-13-12(20)16-10)7-14-17-11(19)15-9-4-2-1-3-5-9/h1-7H,(H2,15,17,19)(H2,13,16,18,20)/b14-7-. The van der Waals surface area contributed by atoms with Crippen molar-refractivity contribution in [3.8, 4) is 0 Å². The van der Waals surface area contributed by atoms with E-state index in [1.54, 1.807) is 24.3 Å². The summed E-state index contributed by atoms with van der Waals surface area (Å²) in [6, 6.07) is 8.41. The second-order valence-corrected chi connectivity index (χ2v) is 4.13. The van der Waals surface area contributed by atoms with Crippen LogP contribution in [0.1, 0.15) is 5.56 Å². The van der Waals surface area contributed by atoms with Crippen LogP contribution >= 0.6 is 12.2 Å². The minimum atomic E-state index is -0.507. The van der Waals surface area contributed by atoms with Gasteiger partial charge in [0.2, 0.25) is 0 Å². The number of anilines is 1. The summed E-state index contributed by atoms with van der Waals surface area (Å²) in [5.41, 5.74) is 2.75. The van der Waals surface area contributed by atoms with Crippen LogP contribution < -0.4 is 16.3 Å². The molecule has 1 aromatic heterocycles. The molecule has 1 aromatic carbocycles. The van der Waals surface area contributed by atoms with Gasteiger partial charge in [-0.1, -0.05) is 18.2 Å². The van der Waals surface area contributed by atoms with E-state index < -0.39 is 6.03 Å². The molecule has 2 rings (SSSR count). The van der Waals surface area contributed by atoms with E-state index in [0.717, 1.165) is 0 Å². The monoisotopic (exact) mass is 289 g/mol. The Hall–Kier alpha value is -2.74. The molecule has 0 spiro atoms. The van der Waals surface area contributed by atoms with E-state index in [1.807, 2.05) is 6.07 Å². The molecule has 0 saturated heterocycles. The number of para-hydroxylation sites is 1. The van der Waals surface area contributed by atoms with Crippen molar-refractivity contribution in [2.75, 3.05) is 5.32 Å². The van der Waals surface area contributed by atoms with Crippen molar-refractivity contribution in [1.82, 2.24) is 15.4 Å². The molecule has 0 aliphatic heterocycles. The van der Waals surface area contributed by atoms with Crippen LogP contribution in [0, 0.1) is 4.77 Å². The Kier molecular flexibility index (Phi) is 4.40. The Morgan fingerprint density at radius 2 is 2.05 bits per heavy atom. The second kappa shape index (κ2) is 6.43. The summed E-state index contributed by atoms with van der Waals surface area (Å²) in [5.74, 6) is 0. The van der Waals surface area contributed by atoms with Crippen molar-refractivity contribution in [2.24, 2.45) is 5.10 Å². The van der Waals surface area contributed by atoms with Gasteiger partial charge in [-0.3, -0.25) is 9.78 Å². The van der Waals surface area contributed by atoms with Crippen LogP contribution in [0.4, 0.5) is 10.5 Å². The molecule has 4 N–H and O–H groups in total. The van der Waals surface area contributed by atoms with Gasteiger partial charge in [-0.05, 0) is 24.4 Å². The van der Waals surface area contributed by atoms with Gasteiger partial charge < -0.3 is 10.3 Å². The van der Waals surface area contributed by atoms with Crippen molar-refractivity contribution in [1.29, 1.82) is 0 Å². The minimum absolute atomic E-state index is 0.224. The van der Waals surface area contributed by atoms with Gasteiger partial charge in [0.15, 0.2) is 4.77 Å². The summed E-state index contributed by atoms with van der Waals surface area (Å²) in [7, 11) is 0. The number of carbonyl (C=O) groups is 1. The largest absolute Gasteiger partial charge is 0.339 e. The van der Waals surface area contributed by atoms with Crippen molar-refractivity contribution in [3.05, 3.63) is 57.2 Å². The molecule has 102 valence electrons. The topological polar surface area (TPSA) is 102 Å². The zero-order chi connectivity index (χ0) is 14.4. The third-order valence-corrected chi connectivity index (χ3v) is 2.47. The van der Waals surface area contributed by atoms with Crippen LogP contribution in [0.15, 0.2) is 46.4 Å². The number of aromatic amines is 2. The normalized spacial score (nSPS) is 10.4. The Morgan fingerprint density at radius 1 is 1.30 bits per heavy atom. The highest BCUT2D eigenvalue weighted by Crippen LogP contribution is 2.03. The summed E-state index contributed by atoms with van der Waals surface area (Å²) in [5, 5.41) is 6.24. The molecule has 0 bridgehead atoms. The molecule has 7 nitrogen and oxygen atoms in total. The first-order chi connectivity index (χ1) is 9.65. The zero-order valence-corrected chi connectivity index (χ0v) is 11.0. The number of aromatic nitrogens is 2. The van der Waals surface area contributed by atoms with Crippen LogP contribution in [0.2, 0.25) is 0 Å². The highest BCUT2D eigenvalue weighted by molar-refractivity contribution is 7.71. The first-order valence-electron chi connectivity index (χ1n) is 5.62. The second-order valence-electron chi connectivity index (χ2n) is 3.72. The Balaban J connectivity index is 1.94. The number of carbonyl (C=O) groups excluding carboxylic acids is 1. The van der Waals surface area contributed by atoms with E-state index in [0.29, 0.717) is 5.69 Å². The maximum atomic E-state index is 11.5. The molecule has 0 aliphatic rings. The fourth-order valence-electron chi connectivity index (χ4n) is 1.36. The quantitative estimate of drug-likeness (QED) is 0.392. The number of H-pyrrole nitrogens is 2. The lowest BCUT2D eigenvalue weighted by molar-refractivity contribution is 0.252. The van der Waals surface area contributed by atoms with Gasteiger partial charge in [-0.2, -0.15) is 5.10 Å². The molecule has 0 fully saturated rings. The molecule has 2 amide bonds. The van der Waals surface area contributed by atoms with E-state index in [2.05, 4.69) is 25.8 Å². The fourth-order valence-corrected chi connectivity index (χ4v) is 1.51. The number of hydrazone groups is 1. The molecule has 0 aliphatic carbocycles. The summed E-state index contributed by atoms with van der Waals surface area (Å²) in [6.07, 6.45) is 2.62. The third kappa shape index (κ3) is 3.89. The van der Waals surface area contributed by atoms with Gasteiger partial charge in [-0.25, -0.2) is 10.2 Å². The number of benzene rings is 1. The van der Waals surface area contributed by atoms with E-state index in [9.17, 15) is 9.59 Å². The predicted molar refractivity (Wildman–Crippen MR) is 78.4 cm³/mol. The predicted octanol–water partition coefficient (Wildman–Crippen LogP) is 1.59. The fraction of sp³-hybridized carbons (Fsp3) is 0. The number of nitrogens with zero attached hydrogens (tertiary/aromatic N) is 1. The number of nitrogens with one attached hydrogen (secondary N) is 4. The molecule has 8 heteroatoms. The SMILES string of the molecule is O=C(N/N=C\c1c[nH]c(=S)[nH]c1=O)Nc1ccccc1.